The number of hydrogen-bond donors (Lipinski definition) is 1. The maximum Gasteiger partial charge on any atom is 0.274 e. The van der Waals surface area contributed by atoms with Gasteiger partial charge < -0.3 is 9.73 Å². The zero-order chi connectivity index (χ0) is 20.2. The van der Waals surface area contributed by atoms with Crippen LogP contribution in [0, 0.1) is 0 Å². The highest BCUT2D eigenvalue weighted by atomic mass is 35.5. The van der Waals surface area contributed by atoms with Crippen LogP contribution in [-0.4, -0.2) is 26.1 Å². The van der Waals surface area contributed by atoms with Crippen molar-refractivity contribution < 1.29 is 9.21 Å². The molecule has 1 amide bonds. The number of rotatable bonds is 5. The van der Waals surface area contributed by atoms with Gasteiger partial charge in [0.2, 0.25) is 0 Å². The summed E-state index contributed by atoms with van der Waals surface area (Å²) in [6, 6.07) is 17.5. The molecule has 2 aromatic heterocycles. The highest BCUT2D eigenvalue weighted by Gasteiger charge is 2.20. The van der Waals surface area contributed by atoms with Crippen molar-refractivity contribution in [3.63, 3.8) is 0 Å². The summed E-state index contributed by atoms with van der Waals surface area (Å²) < 4.78 is 6.70. The summed E-state index contributed by atoms with van der Waals surface area (Å²) in [4.78, 5) is 13.1. The second kappa shape index (κ2) is 8.30. The molecule has 144 valence electrons. The standard InChI is InChI=1S/C20H13Cl2N5O2/c21-14-8-9-16(22)17(11-14)23-20(28)18(12-15-7-4-10-29-15)27-19(24-25-26-27)13-5-2-1-3-6-13/h1-12H,(H,23,28)/b18-12-. The van der Waals surface area contributed by atoms with Crippen molar-refractivity contribution in [3.8, 4) is 11.4 Å². The second-order valence-electron chi connectivity index (χ2n) is 5.90. The fourth-order valence-corrected chi connectivity index (χ4v) is 2.96. The lowest BCUT2D eigenvalue weighted by molar-refractivity contribution is -0.111. The molecule has 7 nitrogen and oxygen atoms in total. The van der Waals surface area contributed by atoms with Gasteiger partial charge in [-0.1, -0.05) is 53.5 Å². The van der Waals surface area contributed by atoms with E-state index in [4.69, 9.17) is 27.6 Å². The Balaban J connectivity index is 1.77. The molecule has 0 saturated carbocycles. The van der Waals surface area contributed by atoms with Crippen molar-refractivity contribution in [3.05, 3.63) is 82.7 Å². The number of anilines is 1. The molecule has 0 fully saturated rings. The van der Waals surface area contributed by atoms with Crippen LogP contribution in [0.5, 0.6) is 0 Å². The van der Waals surface area contributed by atoms with Gasteiger partial charge in [-0.05, 0) is 40.8 Å². The minimum Gasteiger partial charge on any atom is -0.465 e. The van der Waals surface area contributed by atoms with Gasteiger partial charge in [0, 0.05) is 16.7 Å². The number of halogens is 2. The molecule has 0 aliphatic heterocycles. The fraction of sp³-hybridized carbons (Fsp3) is 0. The molecule has 4 rings (SSSR count). The molecule has 2 heterocycles. The molecular weight excluding hydrogens is 413 g/mol. The number of carbonyl (C=O) groups is 1. The van der Waals surface area contributed by atoms with Crippen molar-refractivity contribution in [2.24, 2.45) is 0 Å². The summed E-state index contributed by atoms with van der Waals surface area (Å²) in [6.07, 6.45) is 3.05. The van der Waals surface area contributed by atoms with Gasteiger partial charge in [-0.3, -0.25) is 4.79 Å². The summed E-state index contributed by atoms with van der Waals surface area (Å²) in [5, 5.41) is 15.3. The number of furan rings is 1. The van der Waals surface area contributed by atoms with Crippen LogP contribution < -0.4 is 5.32 Å². The molecule has 9 heteroatoms. The van der Waals surface area contributed by atoms with E-state index in [9.17, 15) is 4.79 Å². The summed E-state index contributed by atoms with van der Waals surface area (Å²) in [5.41, 5.74) is 1.25. The van der Waals surface area contributed by atoms with Crippen LogP contribution in [0.15, 0.2) is 71.3 Å². The molecule has 0 unspecified atom stereocenters. The molecule has 2 aromatic carbocycles. The minimum absolute atomic E-state index is 0.139. The average Bonchev–Trinajstić information content (AvgIpc) is 3.41. The lowest BCUT2D eigenvalue weighted by atomic mass is 10.2. The van der Waals surface area contributed by atoms with Crippen LogP contribution in [0.4, 0.5) is 5.69 Å². The molecule has 0 saturated heterocycles. The summed E-state index contributed by atoms with van der Waals surface area (Å²) >= 11 is 12.2. The summed E-state index contributed by atoms with van der Waals surface area (Å²) in [7, 11) is 0. The van der Waals surface area contributed by atoms with Crippen LogP contribution in [0.25, 0.3) is 23.2 Å². The fourth-order valence-electron chi connectivity index (χ4n) is 2.63. The van der Waals surface area contributed by atoms with E-state index >= 15 is 0 Å². The number of carbonyl (C=O) groups excluding carboxylic acids is 1. The van der Waals surface area contributed by atoms with E-state index in [2.05, 4.69) is 20.8 Å². The molecule has 0 aliphatic rings. The van der Waals surface area contributed by atoms with Gasteiger partial charge in [0.15, 0.2) is 5.82 Å². The maximum atomic E-state index is 13.1. The zero-order valence-corrected chi connectivity index (χ0v) is 16.3. The minimum atomic E-state index is -0.491. The third kappa shape index (κ3) is 4.21. The van der Waals surface area contributed by atoms with Gasteiger partial charge >= 0.3 is 0 Å². The van der Waals surface area contributed by atoms with Gasteiger partial charge in [-0.15, -0.1) is 5.10 Å². The molecule has 4 aromatic rings. The van der Waals surface area contributed by atoms with Crippen molar-refractivity contribution in [2.45, 2.75) is 0 Å². The highest BCUT2D eigenvalue weighted by Crippen LogP contribution is 2.27. The molecule has 0 aliphatic carbocycles. The van der Waals surface area contributed by atoms with Crippen LogP contribution in [0.3, 0.4) is 0 Å². The topological polar surface area (TPSA) is 85.8 Å². The predicted octanol–water partition coefficient (Wildman–Crippen LogP) is 4.88. The first kappa shape index (κ1) is 18.9. The molecule has 0 bridgehead atoms. The van der Waals surface area contributed by atoms with E-state index in [1.54, 1.807) is 30.3 Å². The third-order valence-electron chi connectivity index (χ3n) is 3.96. The Morgan fingerprint density at radius 1 is 1.07 bits per heavy atom. The highest BCUT2D eigenvalue weighted by molar-refractivity contribution is 6.36. The van der Waals surface area contributed by atoms with Crippen molar-refractivity contribution in [1.29, 1.82) is 0 Å². The van der Waals surface area contributed by atoms with Crippen LogP contribution >= 0.6 is 23.2 Å². The SMILES string of the molecule is O=C(Nc1cc(Cl)ccc1Cl)/C(=C/c1ccco1)n1nnnc1-c1ccccc1. The Morgan fingerprint density at radius 2 is 1.90 bits per heavy atom. The summed E-state index contributed by atoms with van der Waals surface area (Å²) in [6.45, 7) is 0. The van der Waals surface area contributed by atoms with E-state index in [0.717, 1.165) is 5.56 Å². The molecule has 1 N–H and O–H groups in total. The van der Waals surface area contributed by atoms with Crippen molar-refractivity contribution in [2.75, 3.05) is 5.32 Å². The Hall–Kier alpha value is -3.42. The first-order valence-electron chi connectivity index (χ1n) is 8.47. The Labute approximate surface area is 175 Å². The third-order valence-corrected chi connectivity index (χ3v) is 4.53. The lowest BCUT2D eigenvalue weighted by Gasteiger charge is -2.11. The van der Waals surface area contributed by atoms with Gasteiger partial charge in [0.1, 0.15) is 11.5 Å². The van der Waals surface area contributed by atoms with E-state index < -0.39 is 5.91 Å². The van der Waals surface area contributed by atoms with Crippen molar-refractivity contribution >= 4 is 46.6 Å². The average molecular weight is 426 g/mol. The molecular formula is C20H13Cl2N5O2. The van der Waals surface area contributed by atoms with Gasteiger partial charge in [-0.25, -0.2) is 0 Å². The number of hydrogen-bond acceptors (Lipinski definition) is 5. The second-order valence-corrected chi connectivity index (χ2v) is 6.75. The Bertz CT molecular complexity index is 1170. The smallest absolute Gasteiger partial charge is 0.274 e. The Kier molecular flexibility index (Phi) is 5.41. The van der Waals surface area contributed by atoms with Gasteiger partial charge in [-0.2, -0.15) is 4.68 Å². The maximum absolute atomic E-state index is 13.1. The number of benzene rings is 2. The largest absolute Gasteiger partial charge is 0.465 e. The van der Waals surface area contributed by atoms with Crippen LogP contribution in [-0.2, 0) is 4.79 Å². The number of tetrazole rings is 1. The van der Waals surface area contributed by atoms with Crippen LogP contribution in [0.1, 0.15) is 5.76 Å². The van der Waals surface area contributed by atoms with E-state index in [-0.39, 0.29) is 5.70 Å². The summed E-state index contributed by atoms with van der Waals surface area (Å²) in [5.74, 6) is 0.368. The molecule has 0 atom stereocenters. The van der Waals surface area contributed by atoms with Crippen LogP contribution in [0.2, 0.25) is 10.0 Å². The normalized spacial score (nSPS) is 11.4. The molecule has 29 heavy (non-hydrogen) atoms. The van der Waals surface area contributed by atoms with E-state index in [1.165, 1.54) is 17.0 Å². The van der Waals surface area contributed by atoms with E-state index in [1.807, 2.05) is 30.3 Å². The number of nitrogens with one attached hydrogen (secondary N) is 1. The monoisotopic (exact) mass is 425 g/mol. The molecule has 0 spiro atoms. The first-order chi connectivity index (χ1) is 14.1. The first-order valence-corrected chi connectivity index (χ1v) is 9.23. The number of amides is 1. The zero-order valence-electron chi connectivity index (χ0n) is 14.8. The lowest BCUT2D eigenvalue weighted by Crippen LogP contribution is -2.19. The quantitative estimate of drug-likeness (QED) is 0.460. The predicted molar refractivity (Wildman–Crippen MR) is 111 cm³/mol. The number of aromatic nitrogens is 4. The van der Waals surface area contributed by atoms with Gasteiger partial charge in [0.05, 0.1) is 17.0 Å². The number of nitrogens with zero attached hydrogens (tertiary/aromatic N) is 4. The van der Waals surface area contributed by atoms with Crippen molar-refractivity contribution in [1.82, 2.24) is 20.2 Å². The Morgan fingerprint density at radius 3 is 2.66 bits per heavy atom. The van der Waals surface area contributed by atoms with E-state index in [0.29, 0.717) is 27.3 Å². The molecule has 0 radical (unpaired) electrons. The van der Waals surface area contributed by atoms with Gasteiger partial charge in [0.25, 0.3) is 5.91 Å².